The molecule has 1 atom stereocenters. The molecule has 27 heavy (non-hydrogen) atoms. The Kier molecular flexibility index (Phi) is 5.91. The first-order valence-electron chi connectivity index (χ1n) is 9.13. The molecule has 5 heteroatoms. The molecule has 0 aliphatic heterocycles. The summed E-state index contributed by atoms with van der Waals surface area (Å²) in [6.07, 6.45) is 5.47. The molecule has 140 valence electrons. The monoisotopic (exact) mass is 363 g/mol. The summed E-state index contributed by atoms with van der Waals surface area (Å²) in [7, 11) is 1.67. The molecule has 2 N–H and O–H groups in total. The van der Waals surface area contributed by atoms with Crippen LogP contribution in [-0.4, -0.2) is 22.2 Å². The molecule has 0 saturated carbocycles. The largest absolute Gasteiger partial charge is 0.508 e. The van der Waals surface area contributed by atoms with Crippen LogP contribution in [-0.2, 0) is 0 Å². The Labute approximate surface area is 160 Å². The molecule has 0 saturated heterocycles. The number of aromatic nitrogens is 2. The molecule has 0 amide bonds. The van der Waals surface area contributed by atoms with E-state index in [1.54, 1.807) is 31.6 Å². The average molecular weight is 363 g/mol. The van der Waals surface area contributed by atoms with E-state index in [4.69, 9.17) is 9.72 Å². The first-order chi connectivity index (χ1) is 13.1. The number of aromatic hydroxyl groups is 1. The second kappa shape index (κ2) is 8.54. The van der Waals surface area contributed by atoms with Crippen LogP contribution in [0.15, 0.2) is 54.9 Å². The molecule has 0 aliphatic carbocycles. The summed E-state index contributed by atoms with van der Waals surface area (Å²) in [5, 5.41) is 13.0. The lowest BCUT2D eigenvalue weighted by atomic mass is 10.0. The first-order valence-corrected chi connectivity index (χ1v) is 9.13. The van der Waals surface area contributed by atoms with Crippen LogP contribution in [0.5, 0.6) is 11.5 Å². The van der Waals surface area contributed by atoms with Crippen LogP contribution in [0.25, 0.3) is 11.3 Å². The van der Waals surface area contributed by atoms with E-state index < -0.39 is 0 Å². The zero-order valence-corrected chi connectivity index (χ0v) is 15.9. The van der Waals surface area contributed by atoms with Crippen LogP contribution in [0.1, 0.15) is 36.9 Å². The normalized spacial score (nSPS) is 11.8. The molecule has 0 fully saturated rings. The highest BCUT2D eigenvalue weighted by atomic mass is 16.5. The lowest BCUT2D eigenvalue weighted by Gasteiger charge is -2.19. The van der Waals surface area contributed by atoms with Crippen molar-refractivity contribution in [2.45, 2.75) is 32.7 Å². The van der Waals surface area contributed by atoms with E-state index in [9.17, 15) is 5.11 Å². The third kappa shape index (κ3) is 4.56. The predicted octanol–water partition coefficient (Wildman–Crippen LogP) is 5.12. The van der Waals surface area contributed by atoms with Gasteiger partial charge in [0.15, 0.2) is 0 Å². The highest BCUT2D eigenvalue weighted by molar-refractivity contribution is 5.63. The van der Waals surface area contributed by atoms with Gasteiger partial charge in [0.25, 0.3) is 0 Å². The average Bonchev–Trinajstić information content (AvgIpc) is 2.69. The minimum Gasteiger partial charge on any atom is -0.508 e. The number of rotatable bonds is 7. The SMILES string of the molecule is CCCC(Nc1cncc(-c2ccc(C)c(OC)c2)n1)c1ccc(O)cc1. The van der Waals surface area contributed by atoms with E-state index in [1.807, 2.05) is 37.3 Å². The maximum atomic E-state index is 9.53. The second-order valence-corrected chi connectivity index (χ2v) is 6.55. The van der Waals surface area contributed by atoms with Crippen molar-refractivity contribution in [2.24, 2.45) is 0 Å². The van der Waals surface area contributed by atoms with Crippen molar-refractivity contribution in [1.29, 1.82) is 0 Å². The van der Waals surface area contributed by atoms with E-state index in [1.165, 1.54) is 0 Å². The number of methoxy groups -OCH3 is 1. The number of hydrogen-bond donors (Lipinski definition) is 2. The van der Waals surface area contributed by atoms with Gasteiger partial charge in [-0.3, -0.25) is 4.98 Å². The Morgan fingerprint density at radius 1 is 1.11 bits per heavy atom. The Morgan fingerprint density at radius 3 is 2.59 bits per heavy atom. The van der Waals surface area contributed by atoms with Crippen molar-refractivity contribution in [3.05, 3.63) is 66.0 Å². The minimum absolute atomic E-state index is 0.104. The van der Waals surface area contributed by atoms with Crippen LogP contribution < -0.4 is 10.1 Å². The number of ether oxygens (including phenoxy) is 1. The number of phenols is 1. The van der Waals surface area contributed by atoms with Crippen LogP contribution in [0.4, 0.5) is 5.82 Å². The third-order valence-corrected chi connectivity index (χ3v) is 4.53. The van der Waals surface area contributed by atoms with Gasteiger partial charge >= 0.3 is 0 Å². The van der Waals surface area contributed by atoms with E-state index in [-0.39, 0.29) is 11.8 Å². The first kappa shape index (κ1) is 18.7. The van der Waals surface area contributed by atoms with E-state index >= 15 is 0 Å². The van der Waals surface area contributed by atoms with Crippen LogP contribution >= 0.6 is 0 Å². The Hall–Kier alpha value is -3.08. The molecule has 0 bridgehead atoms. The quantitative estimate of drug-likeness (QED) is 0.610. The maximum absolute atomic E-state index is 9.53. The van der Waals surface area contributed by atoms with Gasteiger partial charge in [0.2, 0.25) is 0 Å². The van der Waals surface area contributed by atoms with Gasteiger partial charge in [-0.1, -0.05) is 37.6 Å². The standard InChI is InChI=1S/C22H25N3O2/c1-4-5-19(16-8-10-18(26)11-9-16)24-22-14-23-13-20(25-22)17-7-6-15(2)21(12-17)27-3/h6-14,19,26H,4-5H2,1-3H3,(H,24,25). The summed E-state index contributed by atoms with van der Waals surface area (Å²) >= 11 is 0. The number of nitrogens with one attached hydrogen (secondary N) is 1. The molecule has 1 heterocycles. The molecule has 2 aromatic carbocycles. The number of aryl methyl sites for hydroxylation is 1. The molecule has 0 aliphatic rings. The van der Waals surface area contributed by atoms with Crippen molar-refractivity contribution < 1.29 is 9.84 Å². The van der Waals surface area contributed by atoms with Crippen molar-refractivity contribution >= 4 is 5.82 Å². The van der Waals surface area contributed by atoms with Crippen molar-refractivity contribution in [1.82, 2.24) is 9.97 Å². The van der Waals surface area contributed by atoms with Gasteiger partial charge in [0.05, 0.1) is 31.2 Å². The third-order valence-electron chi connectivity index (χ3n) is 4.53. The van der Waals surface area contributed by atoms with Crippen LogP contribution in [0.3, 0.4) is 0 Å². The fourth-order valence-corrected chi connectivity index (χ4v) is 3.05. The molecular formula is C22H25N3O2. The smallest absolute Gasteiger partial charge is 0.145 e. The predicted molar refractivity (Wildman–Crippen MR) is 108 cm³/mol. The van der Waals surface area contributed by atoms with Crippen molar-refractivity contribution in [3.8, 4) is 22.8 Å². The van der Waals surface area contributed by atoms with Gasteiger partial charge in [-0.15, -0.1) is 0 Å². The number of nitrogens with zero attached hydrogens (tertiary/aromatic N) is 2. The summed E-state index contributed by atoms with van der Waals surface area (Å²) in [6, 6.07) is 13.4. The van der Waals surface area contributed by atoms with Crippen molar-refractivity contribution in [3.63, 3.8) is 0 Å². The molecule has 0 spiro atoms. The molecule has 0 radical (unpaired) electrons. The summed E-state index contributed by atoms with van der Waals surface area (Å²) in [6.45, 7) is 4.16. The summed E-state index contributed by atoms with van der Waals surface area (Å²) < 4.78 is 5.42. The molecule has 5 nitrogen and oxygen atoms in total. The zero-order valence-electron chi connectivity index (χ0n) is 15.9. The van der Waals surface area contributed by atoms with Gasteiger partial charge in [-0.2, -0.15) is 0 Å². The lowest BCUT2D eigenvalue weighted by molar-refractivity contribution is 0.412. The van der Waals surface area contributed by atoms with Gasteiger partial charge in [-0.25, -0.2) is 4.98 Å². The van der Waals surface area contributed by atoms with E-state index in [0.717, 1.165) is 46.8 Å². The maximum Gasteiger partial charge on any atom is 0.145 e. The van der Waals surface area contributed by atoms with E-state index in [0.29, 0.717) is 0 Å². The van der Waals surface area contributed by atoms with Crippen LogP contribution in [0.2, 0.25) is 0 Å². The molecular weight excluding hydrogens is 338 g/mol. The van der Waals surface area contributed by atoms with Gasteiger partial charge in [0.1, 0.15) is 17.3 Å². The highest BCUT2D eigenvalue weighted by Crippen LogP contribution is 2.28. The minimum atomic E-state index is 0.104. The fraction of sp³-hybridized carbons (Fsp3) is 0.273. The molecule has 1 aromatic heterocycles. The Bertz CT molecular complexity index is 894. The highest BCUT2D eigenvalue weighted by Gasteiger charge is 2.13. The van der Waals surface area contributed by atoms with Crippen LogP contribution in [0, 0.1) is 6.92 Å². The fourth-order valence-electron chi connectivity index (χ4n) is 3.05. The summed E-state index contributed by atoms with van der Waals surface area (Å²) in [5.74, 6) is 1.82. The number of benzene rings is 2. The van der Waals surface area contributed by atoms with Gasteiger partial charge in [0, 0.05) is 5.56 Å². The lowest BCUT2D eigenvalue weighted by Crippen LogP contribution is -2.12. The summed E-state index contributed by atoms with van der Waals surface area (Å²) in [5.41, 5.74) is 3.95. The van der Waals surface area contributed by atoms with Gasteiger partial charge in [-0.05, 0) is 42.7 Å². The Balaban J connectivity index is 1.86. The second-order valence-electron chi connectivity index (χ2n) is 6.55. The molecule has 3 aromatic rings. The number of hydrogen-bond acceptors (Lipinski definition) is 5. The number of phenolic OH excluding ortho intramolecular Hbond substituents is 1. The molecule has 1 unspecified atom stereocenters. The Morgan fingerprint density at radius 2 is 1.89 bits per heavy atom. The van der Waals surface area contributed by atoms with Crippen molar-refractivity contribution in [2.75, 3.05) is 12.4 Å². The van der Waals surface area contributed by atoms with Gasteiger partial charge < -0.3 is 15.2 Å². The zero-order chi connectivity index (χ0) is 19.2. The van der Waals surface area contributed by atoms with E-state index in [2.05, 4.69) is 17.2 Å². The number of anilines is 1. The summed E-state index contributed by atoms with van der Waals surface area (Å²) in [4.78, 5) is 9.09. The molecule has 3 rings (SSSR count). The topological polar surface area (TPSA) is 67.3 Å².